The smallest absolute Gasteiger partial charge is 0.335 e. The Hall–Kier alpha value is -4.31. The van der Waals surface area contributed by atoms with Gasteiger partial charge < -0.3 is 19.7 Å². The SMILES string of the molecule is CCOc1cccc(NC(=O)/C(C#N)=C\c2cccn2-c2cccc(C(=O)O)c2)c1. The molecule has 0 spiro atoms. The minimum absolute atomic E-state index is 0.0915. The third kappa shape index (κ3) is 4.75. The lowest BCUT2D eigenvalue weighted by Crippen LogP contribution is -2.13. The number of nitrogens with zero attached hydrogens (tertiary/aromatic N) is 2. The molecule has 150 valence electrons. The van der Waals surface area contributed by atoms with Crippen LogP contribution in [-0.2, 0) is 4.79 Å². The highest BCUT2D eigenvalue weighted by molar-refractivity contribution is 6.09. The van der Waals surface area contributed by atoms with Gasteiger partial charge in [-0.25, -0.2) is 4.79 Å². The van der Waals surface area contributed by atoms with E-state index in [1.165, 1.54) is 18.2 Å². The summed E-state index contributed by atoms with van der Waals surface area (Å²) in [5.41, 5.74) is 1.73. The van der Waals surface area contributed by atoms with Gasteiger partial charge in [0.15, 0.2) is 0 Å². The fourth-order valence-electron chi connectivity index (χ4n) is 2.86. The number of amides is 1. The third-order valence-electron chi connectivity index (χ3n) is 4.21. The van der Waals surface area contributed by atoms with E-state index < -0.39 is 11.9 Å². The second-order valence-electron chi connectivity index (χ2n) is 6.24. The van der Waals surface area contributed by atoms with Crippen LogP contribution in [0.1, 0.15) is 23.0 Å². The lowest BCUT2D eigenvalue weighted by molar-refractivity contribution is -0.112. The van der Waals surface area contributed by atoms with Gasteiger partial charge in [-0.3, -0.25) is 4.79 Å². The summed E-state index contributed by atoms with van der Waals surface area (Å²) in [6.45, 7) is 2.36. The van der Waals surface area contributed by atoms with Crippen LogP contribution in [0.4, 0.5) is 5.69 Å². The number of nitriles is 1. The predicted octanol–water partition coefficient (Wildman–Crippen LogP) is 4.12. The lowest BCUT2D eigenvalue weighted by Gasteiger charge is -2.09. The van der Waals surface area contributed by atoms with Crippen LogP contribution in [-0.4, -0.2) is 28.2 Å². The first-order valence-electron chi connectivity index (χ1n) is 9.19. The number of ether oxygens (including phenoxy) is 1. The highest BCUT2D eigenvalue weighted by Gasteiger charge is 2.12. The third-order valence-corrected chi connectivity index (χ3v) is 4.21. The predicted molar refractivity (Wildman–Crippen MR) is 113 cm³/mol. The summed E-state index contributed by atoms with van der Waals surface area (Å²) in [6.07, 6.45) is 3.18. The van der Waals surface area contributed by atoms with Crippen molar-refractivity contribution in [3.63, 3.8) is 0 Å². The topological polar surface area (TPSA) is 104 Å². The van der Waals surface area contributed by atoms with E-state index in [9.17, 15) is 20.0 Å². The molecule has 7 heteroatoms. The standard InChI is InChI=1S/C23H19N3O4/c1-2-30-21-10-4-7-18(14-21)25-22(27)17(15-24)13-20-9-5-11-26(20)19-8-3-6-16(12-19)23(28)29/h3-14H,2H2,1H3,(H,25,27)(H,28,29)/b17-13-. The van der Waals surface area contributed by atoms with Crippen molar-refractivity contribution in [3.8, 4) is 17.5 Å². The van der Waals surface area contributed by atoms with Crippen molar-refractivity contribution in [2.24, 2.45) is 0 Å². The first-order valence-corrected chi connectivity index (χ1v) is 9.19. The van der Waals surface area contributed by atoms with Gasteiger partial charge >= 0.3 is 5.97 Å². The number of carboxylic acid groups (broad SMARTS) is 1. The highest BCUT2D eigenvalue weighted by Crippen LogP contribution is 2.20. The van der Waals surface area contributed by atoms with E-state index in [1.54, 1.807) is 59.3 Å². The minimum atomic E-state index is -1.03. The second-order valence-corrected chi connectivity index (χ2v) is 6.24. The number of carbonyl (C=O) groups is 2. The summed E-state index contributed by atoms with van der Waals surface area (Å²) in [6, 6.07) is 18.7. The lowest BCUT2D eigenvalue weighted by atomic mass is 10.2. The van der Waals surface area contributed by atoms with E-state index in [0.29, 0.717) is 29.4 Å². The molecule has 1 heterocycles. The maximum atomic E-state index is 12.6. The molecule has 0 atom stereocenters. The zero-order valence-electron chi connectivity index (χ0n) is 16.2. The normalized spacial score (nSPS) is 10.9. The molecule has 3 aromatic rings. The number of benzene rings is 2. The number of carboxylic acids is 1. The summed E-state index contributed by atoms with van der Waals surface area (Å²) in [4.78, 5) is 23.8. The van der Waals surface area contributed by atoms with Gasteiger partial charge in [-0.15, -0.1) is 0 Å². The Balaban J connectivity index is 1.87. The zero-order chi connectivity index (χ0) is 21.5. The van der Waals surface area contributed by atoms with Crippen LogP contribution in [0.25, 0.3) is 11.8 Å². The Morgan fingerprint density at radius 2 is 1.97 bits per heavy atom. The van der Waals surface area contributed by atoms with Crippen LogP contribution in [0, 0.1) is 11.3 Å². The van der Waals surface area contributed by atoms with Crippen molar-refractivity contribution in [1.29, 1.82) is 5.26 Å². The van der Waals surface area contributed by atoms with Crippen molar-refractivity contribution < 1.29 is 19.4 Å². The maximum absolute atomic E-state index is 12.6. The van der Waals surface area contributed by atoms with Gasteiger partial charge in [0, 0.05) is 29.3 Å². The number of anilines is 1. The molecule has 0 bridgehead atoms. The van der Waals surface area contributed by atoms with Gasteiger partial charge in [-0.05, 0) is 55.5 Å². The van der Waals surface area contributed by atoms with Gasteiger partial charge in [0.05, 0.1) is 12.2 Å². The van der Waals surface area contributed by atoms with Crippen LogP contribution >= 0.6 is 0 Å². The molecular weight excluding hydrogens is 382 g/mol. The fourth-order valence-corrected chi connectivity index (χ4v) is 2.86. The molecule has 7 nitrogen and oxygen atoms in total. The van der Waals surface area contributed by atoms with E-state index in [0.717, 1.165) is 0 Å². The summed E-state index contributed by atoms with van der Waals surface area (Å²) < 4.78 is 7.12. The molecule has 0 radical (unpaired) electrons. The van der Waals surface area contributed by atoms with E-state index in [4.69, 9.17) is 4.74 Å². The Kier molecular flexibility index (Phi) is 6.30. The molecular formula is C23H19N3O4. The van der Waals surface area contributed by atoms with E-state index in [2.05, 4.69) is 5.32 Å². The van der Waals surface area contributed by atoms with Gasteiger partial charge in [0.25, 0.3) is 5.91 Å². The zero-order valence-corrected chi connectivity index (χ0v) is 16.2. The molecule has 0 aliphatic carbocycles. The molecule has 0 aliphatic heterocycles. The average Bonchev–Trinajstić information content (AvgIpc) is 3.20. The first kappa shape index (κ1) is 20.4. The minimum Gasteiger partial charge on any atom is -0.494 e. The number of carbonyl (C=O) groups excluding carboxylic acids is 1. The number of nitrogens with one attached hydrogen (secondary N) is 1. The molecule has 3 rings (SSSR count). The van der Waals surface area contributed by atoms with Gasteiger partial charge in [-0.2, -0.15) is 5.26 Å². The van der Waals surface area contributed by atoms with Crippen molar-refractivity contribution in [2.45, 2.75) is 6.92 Å². The van der Waals surface area contributed by atoms with Gasteiger partial charge in [-0.1, -0.05) is 12.1 Å². The fraction of sp³-hybridized carbons (Fsp3) is 0.0870. The summed E-state index contributed by atoms with van der Waals surface area (Å²) >= 11 is 0. The highest BCUT2D eigenvalue weighted by atomic mass is 16.5. The second kappa shape index (κ2) is 9.26. The number of aromatic carboxylic acids is 1. The van der Waals surface area contributed by atoms with Crippen molar-refractivity contribution in [3.05, 3.63) is 83.7 Å². The Labute approximate surface area is 173 Å². The first-order chi connectivity index (χ1) is 14.5. The monoisotopic (exact) mass is 401 g/mol. The summed E-state index contributed by atoms with van der Waals surface area (Å²) in [5.74, 6) is -0.976. The molecule has 2 N–H and O–H groups in total. The Morgan fingerprint density at radius 1 is 1.17 bits per heavy atom. The average molecular weight is 401 g/mol. The number of hydrogen-bond donors (Lipinski definition) is 2. The van der Waals surface area contributed by atoms with Crippen molar-refractivity contribution in [1.82, 2.24) is 4.57 Å². The molecule has 2 aromatic carbocycles. The molecule has 0 unspecified atom stereocenters. The van der Waals surface area contributed by atoms with Crippen LogP contribution in [0.2, 0.25) is 0 Å². The number of hydrogen-bond acceptors (Lipinski definition) is 4. The molecule has 30 heavy (non-hydrogen) atoms. The Morgan fingerprint density at radius 3 is 2.70 bits per heavy atom. The largest absolute Gasteiger partial charge is 0.494 e. The quantitative estimate of drug-likeness (QED) is 0.458. The van der Waals surface area contributed by atoms with Gasteiger partial charge in [0.1, 0.15) is 17.4 Å². The number of aromatic nitrogens is 1. The van der Waals surface area contributed by atoms with E-state index in [1.807, 2.05) is 13.0 Å². The summed E-state index contributed by atoms with van der Waals surface area (Å²) in [7, 11) is 0. The number of rotatable bonds is 7. The van der Waals surface area contributed by atoms with Crippen LogP contribution in [0.3, 0.4) is 0 Å². The Bertz CT molecular complexity index is 1160. The maximum Gasteiger partial charge on any atom is 0.335 e. The molecule has 1 amide bonds. The van der Waals surface area contributed by atoms with Crippen molar-refractivity contribution >= 4 is 23.6 Å². The molecule has 0 fully saturated rings. The van der Waals surface area contributed by atoms with Crippen LogP contribution < -0.4 is 10.1 Å². The summed E-state index contributed by atoms with van der Waals surface area (Å²) in [5, 5.41) is 21.4. The van der Waals surface area contributed by atoms with Crippen molar-refractivity contribution in [2.75, 3.05) is 11.9 Å². The van der Waals surface area contributed by atoms with E-state index in [-0.39, 0.29) is 11.1 Å². The molecule has 0 aliphatic rings. The molecule has 0 saturated carbocycles. The molecule has 0 saturated heterocycles. The van der Waals surface area contributed by atoms with Gasteiger partial charge in [0.2, 0.25) is 0 Å². The van der Waals surface area contributed by atoms with E-state index >= 15 is 0 Å². The van der Waals surface area contributed by atoms with Crippen LogP contribution in [0.15, 0.2) is 72.4 Å². The van der Waals surface area contributed by atoms with Crippen LogP contribution in [0.5, 0.6) is 5.75 Å². The molecule has 1 aromatic heterocycles.